The zero-order chi connectivity index (χ0) is 23.9. The Morgan fingerprint density at radius 1 is 1.15 bits per heavy atom. The molecule has 0 radical (unpaired) electrons. The van der Waals surface area contributed by atoms with Gasteiger partial charge in [0.25, 0.3) is 0 Å². The highest BCUT2D eigenvalue weighted by Gasteiger charge is 2.34. The van der Waals surface area contributed by atoms with Gasteiger partial charge in [0.15, 0.2) is 5.75 Å². The Hall–Kier alpha value is -3.23. The van der Waals surface area contributed by atoms with Crippen LogP contribution in [0.15, 0.2) is 41.4 Å². The van der Waals surface area contributed by atoms with Gasteiger partial charge < -0.3 is 19.3 Å². The van der Waals surface area contributed by atoms with E-state index in [1.807, 2.05) is 30.6 Å². The first-order valence-corrected chi connectivity index (χ1v) is 10.8. The van der Waals surface area contributed by atoms with Gasteiger partial charge in [0.05, 0.1) is 18.2 Å². The third-order valence-electron chi connectivity index (χ3n) is 5.86. The molecule has 0 aromatic heterocycles. The molecule has 0 N–H and O–H groups in total. The minimum Gasteiger partial charge on any atom is -0.497 e. The smallest absolute Gasteiger partial charge is 0.416 e. The lowest BCUT2D eigenvalue weighted by molar-refractivity contribution is -0.138. The lowest BCUT2D eigenvalue weighted by Crippen LogP contribution is -2.56. The van der Waals surface area contributed by atoms with Crippen LogP contribution in [0.1, 0.15) is 31.9 Å². The van der Waals surface area contributed by atoms with Gasteiger partial charge in [0, 0.05) is 31.6 Å². The molecule has 0 unspecified atom stereocenters. The van der Waals surface area contributed by atoms with Gasteiger partial charge in [-0.1, -0.05) is 13.8 Å². The Morgan fingerprint density at radius 2 is 1.88 bits per heavy atom. The maximum absolute atomic E-state index is 13.4. The van der Waals surface area contributed by atoms with Gasteiger partial charge in [0.1, 0.15) is 23.0 Å². The van der Waals surface area contributed by atoms with Gasteiger partial charge in [-0.2, -0.15) is 13.2 Å². The normalized spacial score (nSPS) is 18.2. The Kier molecular flexibility index (Phi) is 5.99. The third-order valence-corrected chi connectivity index (χ3v) is 5.86. The number of fused-ring (bicyclic) bond motifs is 2. The monoisotopic (exact) mass is 461 g/mol. The number of methoxy groups -OCH3 is 1. The summed E-state index contributed by atoms with van der Waals surface area (Å²) >= 11 is 0. The third kappa shape index (κ3) is 4.49. The molecule has 1 saturated heterocycles. The van der Waals surface area contributed by atoms with Crippen molar-refractivity contribution in [1.82, 2.24) is 9.80 Å². The van der Waals surface area contributed by atoms with Crippen molar-refractivity contribution in [2.75, 3.05) is 26.7 Å². The Labute approximate surface area is 190 Å². The van der Waals surface area contributed by atoms with Gasteiger partial charge in [0.2, 0.25) is 5.91 Å². The maximum Gasteiger partial charge on any atom is 0.416 e. The molecule has 2 aliphatic rings. The first-order chi connectivity index (χ1) is 15.6. The van der Waals surface area contributed by atoms with Crippen molar-refractivity contribution >= 4 is 17.4 Å². The van der Waals surface area contributed by atoms with Crippen molar-refractivity contribution in [1.29, 1.82) is 0 Å². The van der Waals surface area contributed by atoms with Gasteiger partial charge in [-0.25, -0.2) is 4.99 Å². The van der Waals surface area contributed by atoms with Crippen molar-refractivity contribution in [3.63, 3.8) is 0 Å². The summed E-state index contributed by atoms with van der Waals surface area (Å²) in [6.07, 6.45) is -4.50. The van der Waals surface area contributed by atoms with E-state index >= 15 is 0 Å². The van der Waals surface area contributed by atoms with Crippen LogP contribution in [0.3, 0.4) is 0 Å². The number of carbonyl (C=O) groups is 1. The number of carbonyl (C=O) groups excluding carboxylic acids is 1. The number of aliphatic imine (C=N–C) groups is 1. The number of halogens is 3. The maximum atomic E-state index is 13.4. The Balaban J connectivity index is 1.78. The molecule has 2 aliphatic heterocycles. The minimum absolute atomic E-state index is 0.0792. The number of hydrogen-bond acceptors (Lipinski definition) is 5. The van der Waals surface area contributed by atoms with Crippen LogP contribution in [0.2, 0.25) is 0 Å². The molecule has 4 rings (SSSR count). The van der Waals surface area contributed by atoms with Crippen molar-refractivity contribution in [3.05, 3.63) is 47.5 Å². The number of nitrogens with zero attached hydrogens (tertiary/aromatic N) is 3. The molecule has 0 spiro atoms. The van der Waals surface area contributed by atoms with Crippen LogP contribution in [-0.4, -0.2) is 54.3 Å². The number of hydrogen-bond donors (Lipinski definition) is 0. The average Bonchev–Trinajstić information content (AvgIpc) is 2.93. The fourth-order valence-corrected chi connectivity index (χ4v) is 4.11. The van der Waals surface area contributed by atoms with Crippen LogP contribution in [0.4, 0.5) is 18.9 Å². The predicted molar refractivity (Wildman–Crippen MR) is 118 cm³/mol. The molecular weight excluding hydrogens is 435 g/mol. The van der Waals surface area contributed by atoms with Crippen LogP contribution in [0.5, 0.6) is 17.2 Å². The van der Waals surface area contributed by atoms with E-state index in [1.165, 1.54) is 6.07 Å². The molecule has 6 nitrogen and oxygen atoms in total. The van der Waals surface area contributed by atoms with Gasteiger partial charge in [-0.15, -0.1) is 0 Å². The number of piperazine rings is 1. The lowest BCUT2D eigenvalue weighted by atomic mass is 10.1. The van der Waals surface area contributed by atoms with Crippen LogP contribution in [0, 0.1) is 5.92 Å². The summed E-state index contributed by atoms with van der Waals surface area (Å²) in [5.41, 5.74) is -0.0736. The zero-order valence-corrected chi connectivity index (χ0v) is 18.9. The fourth-order valence-electron chi connectivity index (χ4n) is 4.11. The number of amidine groups is 1. The second-order valence-corrected chi connectivity index (χ2v) is 8.56. The second-order valence-electron chi connectivity index (χ2n) is 8.56. The molecule has 2 aromatic carbocycles. The molecular formula is C24H26F3N3O3. The highest BCUT2D eigenvalue weighted by molar-refractivity contribution is 6.04. The van der Waals surface area contributed by atoms with Gasteiger partial charge in [-0.05, 0) is 43.3 Å². The molecule has 1 amide bonds. The summed E-state index contributed by atoms with van der Waals surface area (Å²) in [6.45, 7) is 7.17. The van der Waals surface area contributed by atoms with Crippen molar-refractivity contribution in [3.8, 4) is 17.2 Å². The van der Waals surface area contributed by atoms with E-state index in [1.54, 1.807) is 25.3 Å². The van der Waals surface area contributed by atoms with Crippen molar-refractivity contribution in [2.45, 2.75) is 33.0 Å². The van der Waals surface area contributed by atoms with Gasteiger partial charge in [-0.3, -0.25) is 4.79 Å². The summed E-state index contributed by atoms with van der Waals surface area (Å²) in [7, 11) is 1.54. The minimum atomic E-state index is -4.50. The largest absolute Gasteiger partial charge is 0.497 e. The molecule has 0 aliphatic carbocycles. The molecule has 33 heavy (non-hydrogen) atoms. The number of rotatable bonds is 2. The topological polar surface area (TPSA) is 54.4 Å². The van der Waals surface area contributed by atoms with Crippen LogP contribution < -0.4 is 9.47 Å². The Bertz CT molecular complexity index is 1100. The molecule has 176 valence electrons. The van der Waals surface area contributed by atoms with Crippen LogP contribution >= 0.6 is 0 Å². The van der Waals surface area contributed by atoms with Gasteiger partial charge >= 0.3 is 6.18 Å². The molecule has 2 heterocycles. The molecule has 0 saturated carbocycles. The molecule has 1 atom stereocenters. The van der Waals surface area contributed by atoms with Crippen LogP contribution in [0.25, 0.3) is 0 Å². The van der Waals surface area contributed by atoms with E-state index in [-0.39, 0.29) is 29.3 Å². The Morgan fingerprint density at radius 3 is 2.52 bits per heavy atom. The molecule has 2 aromatic rings. The zero-order valence-electron chi connectivity index (χ0n) is 18.9. The standard InChI is InChI=1S/C24H26F3N3O3/c1-14(2)23(31)30-10-9-29(13-15(30)3)22-18-12-17(32-4)6-8-20(18)33-21-7-5-16(24(25,26)27)11-19(21)28-22/h5-8,11-12,14-15H,9-10,13H2,1-4H3/t15-/m1/s1. The summed E-state index contributed by atoms with van der Waals surface area (Å²) in [5.74, 6) is 1.75. The van der Waals surface area contributed by atoms with E-state index in [0.717, 1.165) is 12.1 Å². The van der Waals surface area contributed by atoms with E-state index < -0.39 is 11.7 Å². The van der Waals surface area contributed by atoms with Crippen LogP contribution in [-0.2, 0) is 11.0 Å². The first kappa shape index (κ1) is 22.9. The molecule has 0 bridgehead atoms. The van der Waals surface area contributed by atoms with Crippen molar-refractivity contribution in [2.24, 2.45) is 10.9 Å². The highest BCUT2D eigenvalue weighted by Crippen LogP contribution is 2.42. The van der Waals surface area contributed by atoms with E-state index in [4.69, 9.17) is 9.47 Å². The number of amides is 1. The summed E-state index contributed by atoms with van der Waals surface area (Å²) in [6, 6.07) is 8.41. The fraction of sp³-hybridized carbons (Fsp3) is 0.417. The van der Waals surface area contributed by atoms with Crippen molar-refractivity contribution < 1.29 is 27.4 Å². The van der Waals surface area contributed by atoms with E-state index in [0.29, 0.717) is 42.5 Å². The molecule has 1 fully saturated rings. The number of benzene rings is 2. The quantitative estimate of drug-likeness (QED) is 0.626. The highest BCUT2D eigenvalue weighted by atomic mass is 19.4. The SMILES string of the molecule is COc1ccc2c(c1)C(N1CCN(C(=O)C(C)C)[C@H](C)C1)=Nc1cc(C(F)(F)F)ccc1O2. The predicted octanol–water partition coefficient (Wildman–Crippen LogP) is 5.09. The summed E-state index contributed by atoms with van der Waals surface area (Å²) in [4.78, 5) is 21.0. The lowest BCUT2D eigenvalue weighted by Gasteiger charge is -2.42. The van der Waals surface area contributed by atoms with E-state index in [9.17, 15) is 18.0 Å². The second kappa shape index (κ2) is 8.61. The summed E-state index contributed by atoms with van der Waals surface area (Å²) in [5, 5.41) is 0. The number of ether oxygens (including phenoxy) is 2. The van der Waals surface area contributed by atoms with E-state index in [2.05, 4.69) is 4.99 Å². The number of alkyl halides is 3. The first-order valence-electron chi connectivity index (χ1n) is 10.8. The molecule has 9 heteroatoms. The summed E-state index contributed by atoms with van der Waals surface area (Å²) < 4.78 is 51.4. The average molecular weight is 461 g/mol.